The molecule has 0 aliphatic rings. The third-order valence-electron chi connectivity index (χ3n) is 3.75. The zero-order valence-electron chi connectivity index (χ0n) is 14.1. The van der Waals surface area contributed by atoms with E-state index >= 15 is 0 Å². The van der Waals surface area contributed by atoms with Crippen molar-refractivity contribution in [2.24, 2.45) is 0 Å². The van der Waals surface area contributed by atoms with E-state index in [2.05, 4.69) is 10.3 Å². The van der Waals surface area contributed by atoms with Crippen LogP contribution in [0.1, 0.15) is 26.8 Å². The van der Waals surface area contributed by atoms with E-state index in [1.807, 2.05) is 42.7 Å². The normalized spacial score (nSPS) is 11.0. The first kappa shape index (κ1) is 18.5. The SMILES string of the molecule is CSc1ccccc1-c1ccccc1NC(=O)c1sc(C)nc1C(F)F. The fraction of sp³-hybridized carbons (Fsp3) is 0.158. The Hall–Kier alpha value is -2.25. The maximum atomic E-state index is 13.1. The fourth-order valence-electron chi connectivity index (χ4n) is 2.63. The Morgan fingerprint density at radius 2 is 1.77 bits per heavy atom. The molecule has 1 aromatic heterocycles. The van der Waals surface area contributed by atoms with Crippen LogP contribution in [-0.4, -0.2) is 17.1 Å². The van der Waals surface area contributed by atoms with Crippen LogP contribution < -0.4 is 5.32 Å². The molecule has 0 bridgehead atoms. The van der Waals surface area contributed by atoms with Crippen molar-refractivity contribution in [2.45, 2.75) is 18.2 Å². The lowest BCUT2D eigenvalue weighted by Crippen LogP contribution is -2.13. The second-order valence-corrected chi connectivity index (χ2v) is 7.50. The first-order chi connectivity index (χ1) is 12.5. The molecule has 0 radical (unpaired) electrons. The first-order valence-electron chi connectivity index (χ1n) is 7.80. The van der Waals surface area contributed by atoms with Crippen molar-refractivity contribution >= 4 is 34.7 Å². The number of nitrogens with zero attached hydrogens (tertiary/aromatic N) is 1. The third-order valence-corrected chi connectivity index (χ3v) is 5.53. The minimum Gasteiger partial charge on any atom is -0.321 e. The van der Waals surface area contributed by atoms with Crippen LogP contribution in [0, 0.1) is 6.92 Å². The van der Waals surface area contributed by atoms with Crippen LogP contribution in [0.2, 0.25) is 0 Å². The van der Waals surface area contributed by atoms with E-state index < -0.39 is 18.0 Å². The summed E-state index contributed by atoms with van der Waals surface area (Å²) in [6, 6.07) is 15.2. The van der Waals surface area contributed by atoms with Gasteiger partial charge in [0.05, 0.1) is 5.01 Å². The van der Waals surface area contributed by atoms with Crippen LogP contribution in [0.5, 0.6) is 0 Å². The van der Waals surface area contributed by atoms with E-state index in [0.29, 0.717) is 10.7 Å². The summed E-state index contributed by atoms with van der Waals surface area (Å²) >= 11 is 2.58. The van der Waals surface area contributed by atoms with Gasteiger partial charge in [0.1, 0.15) is 10.6 Å². The minimum absolute atomic E-state index is 0.0505. The Labute approximate surface area is 158 Å². The van der Waals surface area contributed by atoms with Gasteiger partial charge in [-0.25, -0.2) is 13.8 Å². The largest absolute Gasteiger partial charge is 0.321 e. The minimum atomic E-state index is -2.78. The van der Waals surface area contributed by atoms with Crippen molar-refractivity contribution in [3.63, 3.8) is 0 Å². The van der Waals surface area contributed by atoms with E-state index in [0.717, 1.165) is 27.4 Å². The molecule has 0 aliphatic heterocycles. The highest BCUT2D eigenvalue weighted by atomic mass is 32.2. The Kier molecular flexibility index (Phi) is 5.68. The number of carbonyl (C=O) groups excluding carboxylic acids is 1. The van der Waals surface area contributed by atoms with Gasteiger partial charge in [0.15, 0.2) is 0 Å². The molecule has 7 heteroatoms. The maximum absolute atomic E-state index is 13.1. The van der Waals surface area contributed by atoms with E-state index in [9.17, 15) is 13.6 Å². The summed E-state index contributed by atoms with van der Waals surface area (Å²) in [7, 11) is 0. The van der Waals surface area contributed by atoms with E-state index in [4.69, 9.17) is 0 Å². The number of carbonyl (C=O) groups is 1. The van der Waals surface area contributed by atoms with Gasteiger partial charge in [-0.15, -0.1) is 23.1 Å². The van der Waals surface area contributed by atoms with E-state index in [1.165, 1.54) is 0 Å². The highest BCUT2D eigenvalue weighted by molar-refractivity contribution is 7.98. The standard InChI is InChI=1S/C19H16F2N2OS2/c1-11-22-16(18(20)21)17(26-11)19(24)23-14-9-5-3-7-12(14)13-8-4-6-10-15(13)25-2/h3-10,18H,1-2H3,(H,23,24). The summed E-state index contributed by atoms with van der Waals surface area (Å²) in [4.78, 5) is 17.4. The number of thiazole rings is 1. The molecule has 3 rings (SSSR count). The topological polar surface area (TPSA) is 42.0 Å². The van der Waals surface area contributed by atoms with Crippen molar-refractivity contribution < 1.29 is 13.6 Å². The molecule has 0 atom stereocenters. The lowest BCUT2D eigenvalue weighted by atomic mass is 10.0. The molecular weight excluding hydrogens is 374 g/mol. The molecule has 0 saturated heterocycles. The van der Waals surface area contributed by atoms with Gasteiger partial charge in [0.2, 0.25) is 0 Å². The van der Waals surface area contributed by atoms with E-state index in [-0.39, 0.29) is 4.88 Å². The van der Waals surface area contributed by atoms with Gasteiger partial charge in [-0.2, -0.15) is 0 Å². The molecule has 26 heavy (non-hydrogen) atoms. The van der Waals surface area contributed by atoms with E-state index in [1.54, 1.807) is 30.8 Å². The highest BCUT2D eigenvalue weighted by Gasteiger charge is 2.24. The summed E-state index contributed by atoms with van der Waals surface area (Å²) < 4.78 is 26.3. The lowest BCUT2D eigenvalue weighted by molar-refractivity contribution is 0.101. The number of benzene rings is 2. The summed E-state index contributed by atoms with van der Waals surface area (Å²) in [6.07, 6.45) is -0.803. The molecule has 0 unspecified atom stereocenters. The van der Waals surface area contributed by atoms with Crippen molar-refractivity contribution in [3.8, 4) is 11.1 Å². The molecule has 0 spiro atoms. The predicted molar refractivity (Wildman–Crippen MR) is 103 cm³/mol. The van der Waals surface area contributed by atoms with Crippen LogP contribution >= 0.6 is 23.1 Å². The second-order valence-electron chi connectivity index (χ2n) is 5.45. The number of halogens is 2. The molecule has 3 aromatic rings. The highest BCUT2D eigenvalue weighted by Crippen LogP contribution is 2.35. The van der Waals surface area contributed by atoms with Gasteiger partial charge in [0, 0.05) is 16.1 Å². The van der Waals surface area contributed by atoms with Crippen LogP contribution in [0.15, 0.2) is 53.4 Å². The zero-order chi connectivity index (χ0) is 18.7. The number of hydrogen-bond acceptors (Lipinski definition) is 4. The molecule has 1 amide bonds. The summed E-state index contributed by atoms with van der Waals surface area (Å²) in [6.45, 7) is 1.61. The van der Waals surface area contributed by atoms with Gasteiger partial charge in [0.25, 0.3) is 12.3 Å². The Morgan fingerprint density at radius 1 is 1.12 bits per heavy atom. The fourth-order valence-corrected chi connectivity index (χ4v) is 4.06. The number of nitrogens with one attached hydrogen (secondary N) is 1. The van der Waals surface area contributed by atoms with Crippen LogP contribution in [-0.2, 0) is 0 Å². The molecule has 3 nitrogen and oxygen atoms in total. The average molecular weight is 390 g/mol. The Bertz CT molecular complexity index is 941. The van der Waals surface area contributed by atoms with Crippen LogP contribution in [0.25, 0.3) is 11.1 Å². The van der Waals surface area contributed by atoms with Crippen molar-refractivity contribution in [3.05, 3.63) is 64.1 Å². The summed E-state index contributed by atoms with van der Waals surface area (Å²) in [5.41, 5.74) is 1.92. The van der Waals surface area contributed by atoms with Gasteiger partial charge in [-0.3, -0.25) is 4.79 Å². The number of hydrogen-bond donors (Lipinski definition) is 1. The number of amides is 1. The number of aromatic nitrogens is 1. The summed E-state index contributed by atoms with van der Waals surface area (Å²) in [5, 5.41) is 3.21. The van der Waals surface area contributed by atoms with Gasteiger partial charge >= 0.3 is 0 Å². The zero-order valence-corrected chi connectivity index (χ0v) is 15.8. The number of aryl methyl sites for hydroxylation is 1. The number of rotatable bonds is 5. The molecule has 1 heterocycles. The number of alkyl halides is 2. The molecule has 0 fully saturated rings. The van der Waals surface area contributed by atoms with Crippen molar-refractivity contribution in [1.82, 2.24) is 4.98 Å². The third kappa shape index (κ3) is 3.78. The molecule has 1 N–H and O–H groups in total. The molecule has 134 valence electrons. The maximum Gasteiger partial charge on any atom is 0.282 e. The van der Waals surface area contributed by atoms with Crippen molar-refractivity contribution in [2.75, 3.05) is 11.6 Å². The Balaban J connectivity index is 1.98. The Morgan fingerprint density at radius 3 is 2.46 bits per heavy atom. The first-order valence-corrected chi connectivity index (χ1v) is 9.84. The molecule has 0 saturated carbocycles. The smallest absolute Gasteiger partial charge is 0.282 e. The van der Waals surface area contributed by atoms with Crippen LogP contribution in [0.3, 0.4) is 0 Å². The van der Waals surface area contributed by atoms with Crippen LogP contribution in [0.4, 0.5) is 14.5 Å². The number of thioether (sulfide) groups is 1. The molecule has 0 aliphatic carbocycles. The predicted octanol–water partition coefficient (Wildman–Crippen LogP) is 6.03. The lowest BCUT2D eigenvalue weighted by Gasteiger charge is -2.13. The monoisotopic (exact) mass is 390 g/mol. The van der Waals surface area contributed by atoms with Gasteiger partial charge in [-0.1, -0.05) is 36.4 Å². The second kappa shape index (κ2) is 7.97. The number of anilines is 1. The van der Waals surface area contributed by atoms with Gasteiger partial charge < -0.3 is 5.32 Å². The molecular formula is C19H16F2N2OS2. The molecule has 2 aromatic carbocycles. The van der Waals surface area contributed by atoms with Gasteiger partial charge in [-0.05, 0) is 30.9 Å². The number of para-hydroxylation sites is 1. The van der Waals surface area contributed by atoms with Crippen molar-refractivity contribution in [1.29, 1.82) is 0 Å². The quantitative estimate of drug-likeness (QED) is 0.541. The summed E-state index contributed by atoms with van der Waals surface area (Å²) in [5.74, 6) is -0.569. The average Bonchev–Trinajstić information content (AvgIpc) is 3.04.